The van der Waals surface area contributed by atoms with Gasteiger partial charge in [-0.3, -0.25) is 9.59 Å². The third kappa shape index (κ3) is 2.61. The molecular weight excluding hydrogens is 296 g/mol. The number of carbonyl (C=O) groups excluding carboxylic acids is 1. The van der Waals surface area contributed by atoms with Gasteiger partial charge in [0, 0.05) is 12.2 Å². The summed E-state index contributed by atoms with van der Waals surface area (Å²) in [6.07, 6.45) is 0.525. The molecule has 6 heteroatoms. The Kier molecular flexibility index (Phi) is 4.56. The van der Waals surface area contributed by atoms with Crippen molar-refractivity contribution in [2.75, 3.05) is 7.11 Å². The molecule has 23 heavy (non-hydrogen) atoms. The number of methoxy groups -OCH3 is 1. The van der Waals surface area contributed by atoms with Crippen LogP contribution in [0.25, 0.3) is 0 Å². The van der Waals surface area contributed by atoms with Crippen molar-refractivity contribution < 1.29 is 19.4 Å². The number of aliphatic carboxylic acids is 1. The van der Waals surface area contributed by atoms with Crippen molar-refractivity contribution in [2.24, 2.45) is 0 Å². The van der Waals surface area contributed by atoms with E-state index in [1.54, 1.807) is 18.2 Å². The average molecular weight is 316 g/mol. The van der Waals surface area contributed by atoms with E-state index in [-0.39, 0.29) is 11.9 Å². The number of carboxylic acids is 1. The normalized spacial score (nSPS) is 15.7. The second-order valence-electron chi connectivity index (χ2n) is 5.46. The minimum atomic E-state index is -0.840. The van der Waals surface area contributed by atoms with Crippen molar-refractivity contribution in [3.05, 3.63) is 52.8 Å². The molecule has 0 saturated carbocycles. The number of rotatable bonds is 4. The van der Waals surface area contributed by atoms with Crippen LogP contribution in [0, 0.1) is 6.92 Å². The van der Waals surface area contributed by atoms with Gasteiger partial charge >= 0.3 is 5.97 Å². The number of benzene rings is 1. The van der Waals surface area contributed by atoms with Crippen LogP contribution in [0.2, 0.25) is 0 Å². The van der Waals surface area contributed by atoms with Gasteiger partial charge in [-0.05, 0) is 37.1 Å². The SMILES string of the molecule is COc1ccccc1C(=O)c1c(C)cc2n1CCC2C(=O)O.N. The molecule has 0 spiro atoms. The number of carbonyl (C=O) groups is 2. The first-order chi connectivity index (χ1) is 10.5. The number of carboxylic acid groups (broad SMARTS) is 1. The van der Waals surface area contributed by atoms with Crippen molar-refractivity contribution >= 4 is 11.8 Å². The lowest BCUT2D eigenvalue weighted by Crippen LogP contribution is -2.12. The number of nitrogens with zero attached hydrogens (tertiary/aromatic N) is 1. The number of hydrogen-bond donors (Lipinski definition) is 2. The quantitative estimate of drug-likeness (QED) is 0.844. The molecule has 2 aromatic rings. The highest BCUT2D eigenvalue weighted by atomic mass is 16.5. The summed E-state index contributed by atoms with van der Waals surface area (Å²) in [5, 5.41) is 9.28. The van der Waals surface area contributed by atoms with Crippen LogP contribution in [-0.2, 0) is 11.3 Å². The molecule has 0 radical (unpaired) electrons. The third-order valence-electron chi connectivity index (χ3n) is 4.18. The van der Waals surface area contributed by atoms with E-state index in [9.17, 15) is 14.7 Å². The number of hydrogen-bond acceptors (Lipinski definition) is 4. The van der Waals surface area contributed by atoms with Crippen LogP contribution in [-0.4, -0.2) is 28.5 Å². The van der Waals surface area contributed by atoms with E-state index >= 15 is 0 Å². The van der Waals surface area contributed by atoms with Crippen LogP contribution >= 0.6 is 0 Å². The van der Waals surface area contributed by atoms with E-state index in [1.807, 2.05) is 23.6 Å². The summed E-state index contributed by atoms with van der Waals surface area (Å²) in [5.74, 6) is -0.979. The van der Waals surface area contributed by atoms with Gasteiger partial charge in [0.15, 0.2) is 0 Å². The van der Waals surface area contributed by atoms with Crippen LogP contribution in [0.3, 0.4) is 0 Å². The van der Waals surface area contributed by atoms with E-state index in [0.717, 1.165) is 5.56 Å². The smallest absolute Gasteiger partial charge is 0.312 e. The molecule has 4 N–H and O–H groups in total. The number of fused-ring (bicyclic) bond motifs is 1. The maximum absolute atomic E-state index is 12.9. The van der Waals surface area contributed by atoms with Crippen molar-refractivity contribution in [3.8, 4) is 5.75 Å². The molecule has 0 amide bonds. The molecule has 2 heterocycles. The Bertz CT molecular complexity index is 764. The summed E-state index contributed by atoms with van der Waals surface area (Å²) < 4.78 is 7.10. The molecule has 1 unspecified atom stereocenters. The zero-order chi connectivity index (χ0) is 15.9. The van der Waals surface area contributed by atoms with Crippen LogP contribution < -0.4 is 10.9 Å². The van der Waals surface area contributed by atoms with Crippen molar-refractivity contribution in [3.63, 3.8) is 0 Å². The zero-order valence-electron chi connectivity index (χ0n) is 13.2. The molecule has 1 atom stereocenters. The molecular formula is C17H20N2O4. The van der Waals surface area contributed by atoms with E-state index in [4.69, 9.17) is 4.74 Å². The molecule has 1 aromatic heterocycles. The van der Waals surface area contributed by atoms with Gasteiger partial charge in [0.2, 0.25) is 5.78 Å². The lowest BCUT2D eigenvalue weighted by Gasteiger charge is -2.10. The topological polar surface area (TPSA) is 104 Å². The van der Waals surface area contributed by atoms with Crippen molar-refractivity contribution in [2.45, 2.75) is 25.8 Å². The second-order valence-corrected chi connectivity index (χ2v) is 5.46. The molecule has 122 valence electrons. The van der Waals surface area contributed by atoms with E-state index < -0.39 is 11.9 Å². The minimum absolute atomic E-state index is 0. The van der Waals surface area contributed by atoms with Gasteiger partial charge in [0.1, 0.15) is 5.75 Å². The predicted molar refractivity (Wildman–Crippen MR) is 85.6 cm³/mol. The van der Waals surface area contributed by atoms with Crippen LogP contribution in [0.5, 0.6) is 5.75 Å². The lowest BCUT2D eigenvalue weighted by atomic mass is 10.0. The summed E-state index contributed by atoms with van der Waals surface area (Å²) >= 11 is 0. The van der Waals surface area contributed by atoms with E-state index in [0.29, 0.717) is 35.7 Å². The van der Waals surface area contributed by atoms with Crippen molar-refractivity contribution in [1.29, 1.82) is 0 Å². The number of ketones is 1. The van der Waals surface area contributed by atoms with Crippen LogP contribution in [0.4, 0.5) is 0 Å². The Labute approximate surface area is 134 Å². The minimum Gasteiger partial charge on any atom is -0.496 e. The Hall–Kier alpha value is -2.60. The highest BCUT2D eigenvalue weighted by molar-refractivity contribution is 6.11. The molecule has 1 aromatic carbocycles. The second kappa shape index (κ2) is 6.26. The molecule has 6 nitrogen and oxygen atoms in total. The average Bonchev–Trinajstić information content (AvgIpc) is 3.04. The summed E-state index contributed by atoms with van der Waals surface area (Å²) in [7, 11) is 1.53. The zero-order valence-corrected chi connectivity index (χ0v) is 13.2. The fourth-order valence-corrected chi connectivity index (χ4v) is 3.16. The van der Waals surface area contributed by atoms with Gasteiger partial charge < -0.3 is 20.6 Å². The molecule has 1 aliphatic heterocycles. The fourth-order valence-electron chi connectivity index (χ4n) is 3.16. The molecule has 0 aliphatic carbocycles. The summed E-state index contributed by atoms with van der Waals surface area (Å²) in [4.78, 5) is 24.2. The molecule has 1 aliphatic rings. The van der Waals surface area contributed by atoms with Crippen molar-refractivity contribution in [1.82, 2.24) is 10.7 Å². The largest absolute Gasteiger partial charge is 0.496 e. The molecule has 0 fully saturated rings. The molecule has 0 bridgehead atoms. The Morgan fingerprint density at radius 2 is 2.00 bits per heavy atom. The monoisotopic (exact) mass is 316 g/mol. The van der Waals surface area contributed by atoms with Crippen LogP contribution in [0.15, 0.2) is 30.3 Å². The maximum atomic E-state index is 12.9. The van der Waals surface area contributed by atoms with Gasteiger partial charge in [-0.25, -0.2) is 0 Å². The molecule has 3 rings (SSSR count). The number of ether oxygens (including phenoxy) is 1. The van der Waals surface area contributed by atoms with Gasteiger partial charge in [0.05, 0.1) is 24.3 Å². The number of aromatic nitrogens is 1. The summed E-state index contributed by atoms with van der Waals surface area (Å²) in [6, 6.07) is 8.89. The van der Waals surface area contributed by atoms with E-state index in [1.165, 1.54) is 7.11 Å². The summed E-state index contributed by atoms with van der Waals surface area (Å²) in [5.41, 5.74) is 2.57. The predicted octanol–water partition coefficient (Wildman–Crippen LogP) is 2.77. The Morgan fingerprint density at radius 1 is 1.30 bits per heavy atom. The lowest BCUT2D eigenvalue weighted by molar-refractivity contribution is -0.138. The first-order valence-corrected chi connectivity index (χ1v) is 7.15. The molecule has 0 saturated heterocycles. The Balaban J connectivity index is 0.00000192. The van der Waals surface area contributed by atoms with Gasteiger partial charge in [-0.2, -0.15) is 0 Å². The summed E-state index contributed by atoms with van der Waals surface area (Å²) in [6.45, 7) is 2.39. The van der Waals surface area contributed by atoms with E-state index in [2.05, 4.69) is 0 Å². The highest BCUT2D eigenvalue weighted by Gasteiger charge is 2.33. The standard InChI is InChI=1S/C17H17NO4.H3N/c1-10-9-13-11(17(20)21)7-8-18(13)15(10)16(19)12-5-3-4-6-14(12)22-2;/h3-6,9,11H,7-8H2,1-2H3,(H,20,21);1H3. The first-order valence-electron chi connectivity index (χ1n) is 7.15. The number of aryl methyl sites for hydroxylation is 1. The number of para-hydroxylation sites is 1. The Morgan fingerprint density at radius 3 is 2.65 bits per heavy atom. The van der Waals surface area contributed by atoms with Gasteiger partial charge in [0.25, 0.3) is 0 Å². The maximum Gasteiger partial charge on any atom is 0.312 e. The highest BCUT2D eigenvalue weighted by Crippen LogP contribution is 2.34. The van der Waals surface area contributed by atoms with Crippen LogP contribution in [0.1, 0.15) is 39.6 Å². The van der Waals surface area contributed by atoms with Gasteiger partial charge in [-0.1, -0.05) is 12.1 Å². The fraction of sp³-hybridized carbons (Fsp3) is 0.294. The van der Waals surface area contributed by atoms with Gasteiger partial charge in [-0.15, -0.1) is 0 Å². The first kappa shape index (κ1) is 16.8. The third-order valence-corrected chi connectivity index (χ3v) is 4.18.